The Morgan fingerprint density at radius 2 is 2.33 bits per heavy atom. The molecular weight excluding hydrogens is 216 g/mol. The molecule has 0 aliphatic heterocycles. The molecule has 0 aromatic carbocycles. The van der Waals surface area contributed by atoms with Crippen LogP contribution < -0.4 is 0 Å². The van der Waals surface area contributed by atoms with Gasteiger partial charge in [-0.15, -0.1) is 11.3 Å². The van der Waals surface area contributed by atoms with Crippen molar-refractivity contribution in [3.63, 3.8) is 0 Å². The summed E-state index contributed by atoms with van der Waals surface area (Å²) in [6.45, 7) is 1.55. The minimum atomic E-state index is -1.19. The lowest BCUT2D eigenvalue weighted by atomic mass is 10.3. The van der Waals surface area contributed by atoms with Gasteiger partial charge in [0.1, 0.15) is 0 Å². The number of carbonyl (C=O) groups is 1. The van der Waals surface area contributed by atoms with E-state index in [1.165, 1.54) is 11.3 Å². The van der Waals surface area contributed by atoms with Crippen molar-refractivity contribution in [2.45, 2.75) is 6.92 Å². The van der Waals surface area contributed by atoms with Crippen molar-refractivity contribution < 1.29 is 15.1 Å². The van der Waals surface area contributed by atoms with Crippen molar-refractivity contribution in [1.82, 2.24) is 9.71 Å². The number of aromatic nitrogens is 2. The fourth-order valence-electron chi connectivity index (χ4n) is 1.33. The smallest absolute Gasteiger partial charge is 0.357 e. The van der Waals surface area contributed by atoms with Gasteiger partial charge in [0.05, 0.1) is 10.6 Å². The van der Waals surface area contributed by atoms with E-state index in [0.717, 1.165) is 4.88 Å². The van der Waals surface area contributed by atoms with E-state index >= 15 is 0 Å². The van der Waals surface area contributed by atoms with Gasteiger partial charge in [0.2, 0.25) is 0 Å². The standard InChI is InChI=1S/C9H8N2O3S/c1-5-7(9(12)13)11(14)8(10-5)6-3-2-4-15-6/h2-4,14H,1H3,(H,12,13). The summed E-state index contributed by atoms with van der Waals surface area (Å²) in [5, 5.41) is 20.3. The second kappa shape index (κ2) is 3.39. The van der Waals surface area contributed by atoms with Gasteiger partial charge < -0.3 is 10.3 Å². The maximum absolute atomic E-state index is 10.8. The number of hydrogen-bond acceptors (Lipinski definition) is 4. The highest BCUT2D eigenvalue weighted by Gasteiger charge is 2.20. The third-order valence-electron chi connectivity index (χ3n) is 1.97. The van der Waals surface area contributed by atoms with Crippen LogP contribution in [0.15, 0.2) is 17.5 Å². The molecule has 0 spiro atoms. The van der Waals surface area contributed by atoms with E-state index in [1.54, 1.807) is 13.0 Å². The first kappa shape index (κ1) is 9.72. The number of aromatic carboxylic acids is 1. The molecule has 0 fully saturated rings. The van der Waals surface area contributed by atoms with E-state index in [9.17, 15) is 10.0 Å². The van der Waals surface area contributed by atoms with Gasteiger partial charge in [-0.05, 0) is 18.4 Å². The number of imidazole rings is 1. The van der Waals surface area contributed by atoms with Crippen molar-refractivity contribution in [2.24, 2.45) is 0 Å². The lowest BCUT2D eigenvalue weighted by Gasteiger charge is -1.98. The summed E-state index contributed by atoms with van der Waals surface area (Å²) in [6.07, 6.45) is 0. The first-order valence-corrected chi connectivity index (χ1v) is 5.05. The zero-order valence-corrected chi connectivity index (χ0v) is 8.65. The molecular formula is C9H8N2O3S. The van der Waals surface area contributed by atoms with Gasteiger partial charge in [0.25, 0.3) is 0 Å². The van der Waals surface area contributed by atoms with E-state index in [0.29, 0.717) is 10.4 Å². The van der Waals surface area contributed by atoms with E-state index in [1.807, 2.05) is 11.4 Å². The lowest BCUT2D eigenvalue weighted by Crippen LogP contribution is -2.07. The average Bonchev–Trinajstić information content (AvgIpc) is 2.72. The summed E-state index contributed by atoms with van der Waals surface area (Å²) >= 11 is 1.39. The van der Waals surface area contributed by atoms with Crippen molar-refractivity contribution in [1.29, 1.82) is 0 Å². The Balaban J connectivity index is 2.61. The molecule has 0 radical (unpaired) electrons. The van der Waals surface area contributed by atoms with Crippen molar-refractivity contribution >= 4 is 17.3 Å². The zero-order chi connectivity index (χ0) is 11.0. The van der Waals surface area contributed by atoms with E-state index in [-0.39, 0.29) is 11.5 Å². The number of carboxylic acids is 1. The van der Waals surface area contributed by atoms with Crippen LogP contribution in [0.2, 0.25) is 0 Å². The normalized spacial score (nSPS) is 10.5. The van der Waals surface area contributed by atoms with E-state index < -0.39 is 5.97 Å². The molecule has 5 nitrogen and oxygen atoms in total. The molecule has 0 unspecified atom stereocenters. The third-order valence-corrected chi connectivity index (χ3v) is 2.84. The molecule has 78 valence electrons. The van der Waals surface area contributed by atoms with Gasteiger partial charge in [-0.25, -0.2) is 9.78 Å². The van der Waals surface area contributed by atoms with Crippen LogP contribution in [0.1, 0.15) is 16.2 Å². The number of nitrogens with zero attached hydrogens (tertiary/aromatic N) is 2. The molecule has 2 aromatic rings. The molecule has 0 saturated heterocycles. The molecule has 0 aliphatic carbocycles. The highest BCUT2D eigenvalue weighted by Crippen LogP contribution is 2.25. The Morgan fingerprint density at radius 3 is 2.80 bits per heavy atom. The maximum Gasteiger partial charge on any atom is 0.357 e. The van der Waals surface area contributed by atoms with Crippen LogP contribution in [0.25, 0.3) is 10.7 Å². The summed E-state index contributed by atoms with van der Waals surface area (Å²) < 4.78 is 0.615. The summed E-state index contributed by atoms with van der Waals surface area (Å²) in [5.41, 5.74) is 0.104. The van der Waals surface area contributed by atoms with Gasteiger partial charge >= 0.3 is 5.97 Å². The van der Waals surface area contributed by atoms with Gasteiger partial charge in [0.15, 0.2) is 11.5 Å². The molecule has 2 N–H and O–H groups in total. The lowest BCUT2D eigenvalue weighted by molar-refractivity contribution is 0.0645. The maximum atomic E-state index is 10.8. The van der Waals surface area contributed by atoms with Crippen LogP contribution in [0.4, 0.5) is 0 Å². The SMILES string of the molecule is Cc1nc(-c2cccs2)n(O)c1C(=O)O. The summed E-state index contributed by atoms with van der Waals surface area (Å²) in [6, 6.07) is 3.58. The summed E-state index contributed by atoms with van der Waals surface area (Å²) in [4.78, 5) is 15.6. The first-order valence-electron chi connectivity index (χ1n) is 4.17. The number of thiophene rings is 1. The second-order valence-electron chi connectivity index (χ2n) is 2.96. The third kappa shape index (κ3) is 1.48. The van der Waals surface area contributed by atoms with Crippen LogP contribution in [0.5, 0.6) is 0 Å². The topological polar surface area (TPSA) is 75.3 Å². The van der Waals surface area contributed by atoms with Crippen LogP contribution in [0, 0.1) is 6.92 Å². The van der Waals surface area contributed by atoms with Crippen LogP contribution >= 0.6 is 11.3 Å². The number of carboxylic acid groups (broad SMARTS) is 1. The zero-order valence-electron chi connectivity index (χ0n) is 7.84. The highest BCUT2D eigenvalue weighted by molar-refractivity contribution is 7.13. The Hall–Kier alpha value is -1.82. The van der Waals surface area contributed by atoms with E-state index in [4.69, 9.17) is 5.11 Å². The average molecular weight is 224 g/mol. The van der Waals surface area contributed by atoms with Crippen LogP contribution in [-0.4, -0.2) is 26.0 Å². The molecule has 2 aromatic heterocycles. The van der Waals surface area contributed by atoms with Crippen LogP contribution in [0.3, 0.4) is 0 Å². The minimum Gasteiger partial charge on any atom is -0.476 e. The van der Waals surface area contributed by atoms with Gasteiger partial charge in [-0.2, -0.15) is 4.73 Å². The summed E-state index contributed by atoms with van der Waals surface area (Å²) in [7, 11) is 0. The molecule has 6 heteroatoms. The molecule has 2 rings (SSSR count). The molecule has 0 saturated carbocycles. The fraction of sp³-hybridized carbons (Fsp3) is 0.111. The predicted molar refractivity (Wildman–Crippen MR) is 54.4 cm³/mol. The van der Waals surface area contributed by atoms with Crippen molar-refractivity contribution in [3.05, 3.63) is 28.9 Å². The van der Waals surface area contributed by atoms with Crippen LogP contribution in [-0.2, 0) is 0 Å². The van der Waals surface area contributed by atoms with Crippen molar-refractivity contribution in [3.8, 4) is 10.7 Å². The first-order chi connectivity index (χ1) is 7.11. The second-order valence-corrected chi connectivity index (χ2v) is 3.91. The van der Waals surface area contributed by atoms with Gasteiger partial charge in [-0.1, -0.05) is 6.07 Å². The molecule has 0 atom stereocenters. The highest BCUT2D eigenvalue weighted by atomic mass is 32.1. The largest absolute Gasteiger partial charge is 0.476 e. The fourth-order valence-corrected chi connectivity index (χ4v) is 2.03. The van der Waals surface area contributed by atoms with Crippen molar-refractivity contribution in [2.75, 3.05) is 0 Å². The molecule has 2 heterocycles. The Morgan fingerprint density at radius 1 is 1.60 bits per heavy atom. The Labute approximate surface area is 89.2 Å². The Kier molecular flexibility index (Phi) is 2.20. The molecule has 0 amide bonds. The van der Waals surface area contributed by atoms with Gasteiger partial charge in [-0.3, -0.25) is 0 Å². The molecule has 0 bridgehead atoms. The van der Waals surface area contributed by atoms with Gasteiger partial charge in [0, 0.05) is 0 Å². The molecule has 15 heavy (non-hydrogen) atoms. The number of hydrogen-bond donors (Lipinski definition) is 2. The number of rotatable bonds is 2. The van der Waals surface area contributed by atoms with E-state index in [2.05, 4.69) is 4.98 Å². The predicted octanol–water partition coefficient (Wildman–Crippen LogP) is 1.86. The minimum absolute atomic E-state index is 0.196. The molecule has 0 aliphatic rings. The summed E-state index contributed by atoms with van der Waals surface area (Å²) in [5.74, 6) is -0.926. The monoisotopic (exact) mass is 224 g/mol. The Bertz CT molecular complexity index is 502. The number of aryl methyl sites for hydroxylation is 1. The quantitative estimate of drug-likeness (QED) is 0.763.